The number of halogens is 2. The molecule has 90 valence electrons. The van der Waals surface area contributed by atoms with Crippen LogP contribution in [0.1, 0.15) is 25.8 Å². The van der Waals surface area contributed by atoms with Gasteiger partial charge in [-0.3, -0.25) is 0 Å². The molecule has 0 heterocycles. The first-order valence-electron chi connectivity index (χ1n) is 5.25. The van der Waals surface area contributed by atoms with Crippen molar-refractivity contribution in [2.45, 2.75) is 32.4 Å². The average Bonchev–Trinajstić information content (AvgIpc) is 2.23. The van der Waals surface area contributed by atoms with Crippen molar-refractivity contribution in [3.8, 4) is 0 Å². The van der Waals surface area contributed by atoms with E-state index in [1.165, 1.54) is 6.07 Å². The van der Waals surface area contributed by atoms with Gasteiger partial charge in [-0.15, -0.1) is 0 Å². The molecule has 1 aromatic carbocycles. The maximum Gasteiger partial charge on any atom is 0.128 e. The van der Waals surface area contributed by atoms with Crippen molar-refractivity contribution in [1.82, 2.24) is 0 Å². The summed E-state index contributed by atoms with van der Waals surface area (Å²) in [5.74, 6) is -0.251. The summed E-state index contributed by atoms with van der Waals surface area (Å²) in [5, 5.41) is 0. The van der Waals surface area contributed by atoms with E-state index in [1.807, 2.05) is 13.8 Å². The summed E-state index contributed by atoms with van der Waals surface area (Å²) in [6, 6.07) is 4.80. The molecule has 0 radical (unpaired) electrons. The van der Waals surface area contributed by atoms with Crippen molar-refractivity contribution in [3.05, 3.63) is 34.1 Å². The van der Waals surface area contributed by atoms with Crippen LogP contribution in [-0.4, -0.2) is 12.1 Å². The Bertz CT molecular complexity index is 355. The Kier molecular flexibility index (Phi) is 4.89. The largest absolute Gasteiger partial charge is 0.375 e. The minimum Gasteiger partial charge on any atom is -0.375 e. The van der Waals surface area contributed by atoms with Crippen molar-refractivity contribution in [2.24, 2.45) is 5.73 Å². The third-order valence-corrected chi connectivity index (χ3v) is 3.00. The van der Waals surface area contributed by atoms with E-state index < -0.39 is 0 Å². The summed E-state index contributed by atoms with van der Waals surface area (Å²) in [7, 11) is 0. The molecular formula is C12H17BrFNO. The molecule has 2 N–H and O–H groups in total. The van der Waals surface area contributed by atoms with Gasteiger partial charge >= 0.3 is 0 Å². The lowest BCUT2D eigenvalue weighted by molar-refractivity contribution is 0.0760. The molecule has 1 atom stereocenters. The smallest absolute Gasteiger partial charge is 0.128 e. The summed E-state index contributed by atoms with van der Waals surface area (Å²) < 4.78 is 19.6. The molecule has 1 unspecified atom stereocenters. The van der Waals surface area contributed by atoms with E-state index in [-0.39, 0.29) is 18.0 Å². The van der Waals surface area contributed by atoms with Crippen LogP contribution in [0.4, 0.5) is 4.39 Å². The molecule has 0 saturated carbocycles. The lowest BCUT2D eigenvalue weighted by atomic mass is 10.0. The Morgan fingerprint density at radius 3 is 2.81 bits per heavy atom. The van der Waals surface area contributed by atoms with Gasteiger partial charge in [0.15, 0.2) is 0 Å². The topological polar surface area (TPSA) is 35.2 Å². The molecule has 16 heavy (non-hydrogen) atoms. The number of hydrogen-bond acceptors (Lipinski definition) is 2. The van der Waals surface area contributed by atoms with Crippen molar-refractivity contribution in [3.63, 3.8) is 0 Å². The zero-order valence-corrected chi connectivity index (χ0v) is 11.2. The van der Waals surface area contributed by atoms with Gasteiger partial charge in [-0.25, -0.2) is 4.39 Å². The van der Waals surface area contributed by atoms with E-state index in [1.54, 1.807) is 12.1 Å². The second kappa shape index (κ2) is 5.75. The number of ether oxygens (including phenoxy) is 1. The number of rotatable bonds is 5. The maximum atomic E-state index is 13.3. The van der Waals surface area contributed by atoms with Crippen LogP contribution in [0.5, 0.6) is 0 Å². The van der Waals surface area contributed by atoms with Gasteiger partial charge in [0.25, 0.3) is 0 Å². The standard InChI is InChI=1S/C12H17BrFNO/c1-3-12(2,15)8-16-7-9-6-10(13)4-5-11(9)14/h4-6H,3,7-8,15H2,1-2H3. The molecule has 2 nitrogen and oxygen atoms in total. The molecule has 1 rings (SSSR count). The fourth-order valence-electron chi connectivity index (χ4n) is 1.15. The van der Waals surface area contributed by atoms with Crippen LogP contribution >= 0.6 is 15.9 Å². The third-order valence-electron chi connectivity index (χ3n) is 2.50. The molecule has 0 amide bonds. The van der Waals surface area contributed by atoms with Gasteiger partial charge in [0.1, 0.15) is 5.82 Å². The summed E-state index contributed by atoms with van der Waals surface area (Å²) in [4.78, 5) is 0. The molecule has 0 spiro atoms. The summed E-state index contributed by atoms with van der Waals surface area (Å²) in [6.45, 7) is 4.60. The molecule has 0 bridgehead atoms. The van der Waals surface area contributed by atoms with Crippen LogP contribution < -0.4 is 5.73 Å². The normalized spacial score (nSPS) is 14.8. The predicted molar refractivity (Wildman–Crippen MR) is 66.6 cm³/mol. The summed E-state index contributed by atoms with van der Waals surface area (Å²) >= 11 is 3.29. The third kappa shape index (κ3) is 4.20. The second-order valence-corrected chi connectivity index (χ2v) is 5.15. The minimum absolute atomic E-state index is 0.248. The first kappa shape index (κ1) is 13.6. The van der Waals surface area contributed by atoms with E-state index in [0.29, 0.717) is 12.2 Å². The number of nitrogens with two attached hydrogens (primary N) is 1. The Labute approximate surface area is 104 Å². The number of benzene rings is 1. The van der Waals surface area contributed by atoms with Gasteiger partial charge in [0.05, 0.1) is 13.2 Å². The quantitative estimate of drug-likeness (QED) is 0.903. The highest BCUT2D eigenvalue weighted by atomic mass is 79.9. The highest BCUT2D eigenvalue weighted by Crippen LogP contribution is 2.17. The van der Waals surface area contributed by atoms with Crippen molar-refractivity contribution in [1.29, 1.82) is 0 Å². The first-order valence-corrected chi connectivity index (χ1v) is 6.04. The van der Waals surface area contributed by atoms with Crippen LogP contribution in [0.25, 0.3) is 0 Å². The Hall–Kier alpha value is -0.450. The molecule has 1 aromatic rings. The van der Waals surface area contributed by atoms with Crippen LogP contribution in [0.15, 0.2) is 22.7 Å². The van der Waals surface area contributed by atoms with E-state index >= 15 is 0 Å². The summed E-state index contributed by atoms with van der Waals surface area (Å²) in [6.07, 6.45) is 0.827. The van der Waals surface area contributed by atoms with Gasteiger partial charge in [-0.2, -0.15) is 0 Å². The van der Waals surface area contributed by atoms with Crippen LogP contribution in [0.3, 0.4) is 0 Å². The second-order valence-electron chi connectivity index (χ2n) is 4.24. The lowest BCUT2D eigenvalue weighted by Crippen LogP contribution is -2.40. The zero-order valence-electron chi connectivity index (χ0n) is 9.59. The van der Waals surface area contributed by atoms with Crippen molar-refractivity contribution >= 4 is 15.9 Å². The van der Waals surface area contributed by atoms with Gasteiger partial charge in [-0.1, -0.05) is 22.9 Å². The molecule has 0 aliphatic rings. The molecule has 4 heteroatoms. The van der Waals surface area contributed by atoms with Gasteiger partial charge in [0.2, 0.25) is 0 Å². The monoisotopic (exact) mass is 289 g/mol. The molecule has 0 aliphatic carbocycles. The van der Waals surface area contributed by atoms with E-state index in [4.69, 9.17) is 10.5 Å². The first-order chi connectivity index (χ1) is 7.44. The Morgan fingerprint density at radius 1 is 1.50 bits per heavy atom. The molecule has 0 fully saturated rings. The van der Waals surface area contributed by atoms with Crippen LogP contribution in [0, 0.1) is 5.82 Å². The fraction of sp³-hybridized carbons (Fsp3) is 0.500. The molecular weight excluding hydrogens is 273 g/mol. The van der Waals surface area contributed by atoms with Gasteiger partial charge < -0.3 is 10.5 Å². The summed E-state index contributed by atoms with van der Waals surface area (Å²) in [5.41, 5.74) is 6.12. The SMILES string of the molecule is CCC(C)(N)COCc1cc(Br)ccc1F. The highest BCUT2D eigenvalue weighted by Gasteiger charge is 2.15. The van der Waals surface area contributed by atoms with Crippen LogP contribution in [0.2, 0.25) is 0 Å². The number of hydrogen-bond donors (Lipinski definition) is 1. The molecule has 0 aromatic heterocycles. The Balaban J connectivity index is 2.52. The Morgan fingerprint density at radius 2 is 2.19 bits per heavy atom. The lowest BCUT2D eigenvalue weighted by Gasteiger charge is -2.22. The van der Waals surface area contributed by atoms with Crippen molar-refractivity contribution in [2.75, 3.05) is 6.61 Å². The molecule has 0 aliphatic heterocycles. The zero-order chi connectivity index (χ0) is 12.2. The van der Waals surface area contributed by atoms with E-state index in [9.17, 15) is 4.39 Å². The highest BCUT2D eigenvalue weighted by molar-refractivity contribution is 9.10. The van der Waals surface area contributed by atoms with Gasteiger partial charge in [0, 0.05) is 15.6 Å². The van der Waals surface area contributed by atoms with Crippen molar-refractivity contribution < 1.29 is 9.13 Å². The fourth-order valence-corrected chi connectivity index (χ4v) is 1.56. The maximum absolute atomic E-state index is 13.3. The predicted octanol–water partition coefficient (Wildman–Crippen LogP) is 3.23. The van der Waals surface area contributed by atoms with E-state index in [2.05, 4.69) is 15.9 Å². The molecule has 0 saturated heterocycles. The average molecular weight is 290 g/mol. The minimum atomic E-state index is -0.345. The van der Waals surface area contributed by atoms with Gasteiger partial charge in [-0.05, 0) is 31.5 Å². The van der Waals surface area contributed by atoms with E-state index in [0.717, 1.165) is 10.9 Å². The van der Waals surface area contributed by atoms with Crippen LogP contribution in [-0.2, 0) is 11.3 Å².